The number of methoxy groups -OCH3 is 1. The van der Waals surface area contributed by atoms with Crippen LogP contribution in [0.4, 0.5) is 13.2 Å². The van der Waals surface area contributed by atoms with Crippen molar-refractivity contribution in [3.63, 3.8) is 0 Å². The van der Waals surface area contributed by atoms with E-state index in [0.717, 1.165) is 6.07 Å². The normalized spacial score (nSPS) is 13.5. The van der Waals surface area contributed by atoms with E-state index in [4.69, 9.17) is 4.74 Å². The lowest BCUT2D eigenvalue weighted by atomic mass is 9.96. The molecule has 0 spiro atoms. The van der Waals surface area contributed by atoms with Crippen LogP contribution in [-0.4, -0.2) is 20.3 Å². The van der Waals surface area contributed by atoms with E-state index in [1.54, 1.807) is 13.2 Å². The number of hydrogen-bond donors (Lipinski definition) is 1. The van der Waals surface area contributed by atoms with Gasteiger partial charge in [0.15, 0.2) is 0 Å². The summed E-state index contributed by atoms with van der Waals surface area (Å²) >= 11 is 3.10. The summed E-state index contributed by atoms with van der Waals surface area (Å²) in [6.45, 7) is 3.04. The number of rotatable bonds is 7. The van der Waals surface area contributed by atoms with Crippen LogP contribution in [-0.2, 0) is 10.9 Å². The van der Waals surface area contributed by atoms with Crippen molar-refractivity contribution in [2.45, 2.75) is 32.0 Å². The van der Waals surface area contributed by atoms with Gasteiger partial charge in [0.1, 0.15) is 0 Å². The average molecular weight is 354 g/mol. The molecule has 0 aromatic heterocycles. The molecule has 1 atom stereocenters. The fourth-order valence-corrected chi connectivity index (χ4v) is 2.48. The maximum atomic E-state index is 13.1. The number of alkyl halides is 3. The number of nitrogens with one attached hydrogen (secondary N) is 1. The fourth-order valence-electron chi connectivity index (χ4n) is 2.12. The van der Waals surface area contributed by atoms with E-state index >= 15 is 0 Å². The van der Waals surface area contributed by atoms with E-state index < -0.39 is 11.7 Å². The number of halogens is 4. The Kier molecular flexibility index (Phi) is 6.99. The molecule has 20 heavy (non-hydrogen) atoms. The van der Waals surface area contributed by atoms with E-state index in [1.807, 2.05) is 6.92 Å². The molecule has 2 nitrogen and oxygen atoms in total. The summed E-state index contributed by atoms with van der Waals surface area (Å²) in [5.74, 6) is 0. The van der Waals surface area contributed by atoms with Crippen molar-refractivity contribution in [3.05, 3.63) is 33.8 Å². The van der Waals surface area contributed by atoms with Gasteiger partial charge < -0.3 is 10.1 Å². The second kappa shape index (κ2) is 8.00. The lowest BCUT2D eigenvalue weighted by molar-refractivity contribution is -0.138. The first kappa shape index (κ1) is 17.5. The minimum absolute atomic E-state index is 0.290. The van der Waals surface area contributed by atoms with Crippen LogP contribution in [0.15, 0.2) is 22.7 Å². The molecule has 1 unspecified atom stereocenters. The number of hydrogen-bond acceptors (Lipinski definition) is 2. The van der Waals surface area contributed by atoms with Crippen LogP contribution in [0, 0.1) is 0 Å². The monoisotopic (exact) mass is 353 g/mol. The van der Waals surface area contributed by atoms with Gasteiger partial charge in [0.2, 0.25) is 0 Å². The molecule has 0 aliphatic rings. The molecule has 1 N–H and O–H groups in total. The minimum Gasteiger partial charge on any atom is -0.385 e. The van der Waals surface area contributed by atoms with Crippen molar-refractivity contribution in [2.75, 3.05) is 20.3 Å². The Hall–Kier alpha value is -0.590. The quantitative estimate of drug-likeness (QED) is 0.726. The van der Waals surface area contributed by atoms with Gasteiger partial charge in [0.05, 0.1) is 5.56 Å². The van der Waals surface area contributed by atoms with Gasteiger partial charge in [-0.05, 0) is 37.1 Å². The molecule has 0 bridgehead atoms. The molecule has 1 aromatic rings. The Morgan fingerprint density at radius 1 is 1.35 bits per heavy atom. The van der Waals surface area contributed by atoms with Crippen LogP contribution >= 0.6 is 15.9 Å². The van der Waals surface area contributed by atoms with E-state index in [0.29, 0.717) is 36.0 Å². The summed E-state index contributed by atoms with van der Waals surface area (Å²) in [4.78, 5) is 0. The Bertz CT molecular complexity index is 423. The van der Waals surface area contributed by atoms with Gasteiger partial charge in [-0.2, -0.15) is 13.2 Å². The summed E-state index contributed by atoms with van der Waals surface area (Å²) in [6.07, 6.45) is -3.04. The van der Waals surface area contributed by atoms with E-state index in [9.17, 15) is 13.2 Å². The van der Waals surface area contributed by atoms with Gasteiger partial charge in [-0.15, -0.1) is 0 Å². The maximum absolute atomic E-state index is 13.1. The highest BCUT2D eigenvalue weighted by atomic mass is 79.9. The zero-order valence-corrected chi connectivity index (χ0v) is 13.1. The third-order valence-electron chi connectivity index (χ3n) is 2.99. The molecule has 114 valence electrons. The van der Waals surface area contributed by atoms with Crippen LogP contribution in [0.3, 0.4) is 0 Å². The average Bonchev–Trinajstić information content (AvgIpc) is 2.37. The van der Waals surface area contributed by atoms with Gasteiger partial charge >= 0.3 is 6.18 Å². The van der Waals surface area contributed by atoms with Crippen LogP contribution in [0.2, 0.25) is 0 Å². The third kappa shape index (κ3) is 5.07. The highest BCUT2D eigenvalue weighted by molar-refractivity contribution is 9.10. The van der Waals surface area contributed by atoms with Gasteiger partial charge in [-0.3, -0.25) is 0 Å². The molecule has 0 saturated carbocycles. The Morgan fingerprint density at radius 2 is 2.05 bits per heavy atom. The molecule has 6 heteroatoms. The van der Waals surface area contributed by atoms with Crippen molar-refractivity contribution >= 4 is 15.9 Å². The topological polar surface area (TPSA) is 21.3 Å². The lowest BCUT2D eigenvalue weighted by Gasteiger charge is -2.22. The molecule has 0 fully saturated rings. The van der Waals surface area contributed by atoms with Gasteiger partial charge in [0.25, 0.3) is 0 Å². The van der Waals surface area contributed by atoms with Crippen LogP contribution < -0.4 is 5.32 Å². The Labute approximate surface area is 125 Å². The van der Waals surface area contributed by atoms with E-state index in [1.165, 1.54) is 6.07 Å². The largest absolute Gasteiger partial charge is 0.416 e. The highest BCUT2D eigenvalue weighted by Crippen LogP contribution is 2.37. The first-order valence-electron chi connectivity index (χ1n) is 6.49. The Morgan fingerprint density at radius 3 is 2.60 bits per heavy atom. The summed E-state index contributed by atoms with van der Waals surface area (Å²) in [7, 11) is 1.59. The molecular weight excluding hydrogens is 335 g/mol. The van der Waals surface area contributed by atoms with Crippen molar-refractivity contribution in [1.29, 1.82) is 0 Å². The van der Waals surface area contributed by atoms with Crippen LogP contribution in [0.25, 0.3) is 0 Å². The molecule has 0 aliphatic heterocycles. The zero-order chi connectivity index (χ0) is 15.2. The predicted molar refractivity (Wildman–Crippen MR) is 76.7 cm³/mol. The molecular formula is C14H19BrF3NO. The van der Waals surface area contributed by atoms with E-state index in [2.05, 4.69) is 21.2 Å². The highest BCUT2D eigenvalue weighted by Gasteiger charge is 2.35. The SMILES string of the molecule is CCNC(CCCOC)c1ccc(Br)cc1C(F)(F)F. The molecule has 1 aromatic carbocycles. The van der Waals surface area contributed by atoms with Crippen molar-refractivity contribution in [2.24, 2.45) is 0 Å². The van der Waals surface area contributed by atoms with Crippen LogP contribution in [0.5, 0.6) is 0 Å². The molecule has 0 radical (unpaired) electrons. The zero-order valence-electron chi connectivity index (χ0n) is 11.6. The molecule has 1 rings (SSSR count). The minimum atomic E-state index is -4.35. The molecule has 0 saturated heterocycles. The molecule has 0 aliphatic carbocycles. The van der Waals surface area contributed by atoms with Crippen molar-refractivity contribution in [3.8, 4) is 0 Å². The van der Waals surface area contributed by atoms with Crippen LogP contribution in [0.1, 0.15) is 36.9 Å². The number of benzene rings is 1. The number of ether oxygens (including phenoxy) is 1. The standard InChI is InChI=1S/C14H19BrF3NO/c1-3-19-13(5-4-8-20-2)11-7-6-10(15)9-12(11)14(16,17)18/h6-7,9,13,19H,3-5,8H2,1-2H3. The maximum Gasteiger partial charge on any atom is 0.416 e. The molecule has 0 amide bonds. The summed E-state index contributed by atoms with van der Waals surface area (Å²) in [5.41, 5.74) is -0.297. The lowest BCUT2D eigenvalue weighted by Crippen LogP contribution is -2.24. The Balaban J connectivity index is 3.05. The fraction of sp³-hybridized carbons (Fsp3) is 0.571. The smallest absolute Gasteiger partial charge is 0.385 e. The second-order valence-corrected chi connectivity index (χ2v) is 5.39. The van der Waals surface area contributed by atoms with Crippen molar-refractivity contribution in [1.82, 2.24) is 5.32 Å². The predicted octanol–water partition coefficient (Wildman–Crippen LogP) is 4.55. The summed E-state index contributed by atoms with van der Waals surface area (Å²) in [6, 6.07) is 3.99. The van der Waals surface area contributed by atoms with Gasteiger partial charge in [-0.1, -0.05) is 28.9 Å². The summed E-state index contributed by atoms with van der Waals surface area (Å²) < 4.78 is 44.8. The molecule has 0 heterocycles. The third-order valence-corrected chi connectivity index (χ3v) is 3.48. The van der Waals surface area contributed by atoms with Gasteiger partial charge in [-0.25, -0.2) is 0 Å². The summed E-state index contributed by atoms with van der Waals surface area (Å²) in [5, 5.41) is 3.12. The van der Waals surface area contributed by atoms with Gasteiger partial charge in [0, 0.05) is 24.2 Å². The second-order valence-electron chi connectivity index (χ2n) is 4.47. The van der Waals surface area contributed by atoms with E-state index in [-0.39, 0.29) is 6.04 Å². The first-order valence-corrected chi connectivity index (χ1v) is 7.28. The van der Waals surface area contributed by atoms with Crippen molar-refractivity contribution < 1.29 is 17.9 Å². The first-order chi connectivity index (χ1) is 9.40.